The molecule has 0 radical (unpaired) electrons. The maximum Gasteiger partial charge on any atom is 0.242 e. The number of fused-ring (bicyclic) bond motifs is 1. The number of sulfone groups is 1. The summed E-state index contributed by atoms with van der Waals surface area (Å²) in [4.78, 5) is 29.3. The zero-order chi connectivity index (χ0) is 24.6. The average Bonchev–Trinajstić information content (AvgIpc) is 3.11. The number of nitrogens with zero attached hydrogens (tertiary/aromatic N) is 3. The van der Waals surface area contributed by atoms with Gasteiger partial charge in [-0.3, -0.25) is 9.59 Å². The molecule has 0 bridgehead atoms. The molecule has 186 valence electrons. The first-order valence-electron chi connectivity index (χ1n) is 11.7. The van der Waals surface area contributed by atoms with Gasteiger partial charge in [0, 0.05) is 43.3 Å². The lowest BCUT2D eigenvalue weighted by atomic mass is 10.2. The van der Waals surface area contributed by atoms with Gasteiger partial charge in [0.05, 0.1) is 29.3 Å². The minimum absolute atomic E-state index is 0.0158. The van der Waals surface area contributed by atoms with Gasteiger partial charge < -0.3 is 23.8 Å². The van der Waals surface area contributed by atoms with E-state index in [1.807, 2.05) is 27.7 Å². The smallest absolute Gasteiger partial charge is 0.242 e. The van der Waals surface area contributed by atoms with Gasteiger partial charge in [0.1, 0.15) is 12.3 Å². The highest BCUT2D eigenvalue weighted by Crippen LogP contribution is 2.27. The van der Waals surface area contributed by atoms with Crippen LogP contribution in [0.2, 0.25) is 0 Å². The second kappa shape index (κ2) is 9.67. The molecule has 4 atom stereocenters. The van der Waals surface area contributed by atoms with Crippen LogP contribution < -0.4 is 0 Å². The van der Waals surface area contributed by atoms with Crippen molar-refractivity contribution in [2.75, 3.05) is 31.9 Å². The van der Waals surface area contributed by atoms with Gasteiger partial charge in [-0.05, 0) is 33.8 Å². The molecule has 2 fully saturated rings. The lowest BCUT2D eigenvalue weighted by molar-refractivity contribution is -0.143. The number of ether oxygens (including phenoxy) is 2. The third-order valence-corrected chi connectivity index (χ3v) is 7.87. The van der Waals surface area contributed by atoms with Gasteiger partial charge in [-0.2, -0.15) is 0 Å². The van der Waals surface area contributed by atoms with Crippen LogP contribution in [0.5, 0.6) is 0 Å². The molecule has 2 amide bonds. The normalized spacial score (nSPS) is 26.1. The van der Waals surface area contributed by atoms with Crippen LogP contribution in [-0.2, 0) is 35.4 Å². The zero-order valence-electron chi connectivity index (χ0n) is 20.1. The molecule has 0 spiro atoms. The predicted octanol–water partition coefficient (Wildman–Crippen LogP) is 1.69. The van der Waals surface area contributed by atoms with E-state index in [4.69, 9.17) is 9.47 Å². The Kier molecular flexibility index (Phi) is 7.02. The Morgan fingerprint density at radius 3 is 1.91 bits per heavy atom. The highest BCUT2D eigenvalue weighted by molar-refractivity contribution is 7.92. The van der Waals surface area contributed by atoms with Crippen LogP contribution in [0.1, 0.15) is 27.7 Å². The number of aromatic nitrogens is 1. The Morgan fingerprint density at radius 2 is 1.35 bits per heavy atom. The molecular formula is C24H33N3O6S. The topological polar surface area (TPSA) is 98.2 Å². The SMILES string of the molecule is C[C@@H]1CN(C(=O)Cn2cc(S(=O)(=O)CC(=O)N3C[C@@H](C)O[C@@H](C)C3)c3ccccc32)C[C@H](C)O1. The summed E-state index contributed by atoms with van der Waals surface area (Å²) in [6.45, 7) is 9.34. The summed E-state index contributed by atoms with van der Waals surface area (Å²) >= 11 is 0. The molecule has 0 N–H and O–H groups in total. The standard InChI is InChI=1S/C24H33N3O6S/c1-16-9-26(10-17(2)32-16)23(28)14-25-13-22(20-7-5-6-8-21(20)25)34(30,31)15-24(29)27-11-18(3)33-19(4)12-27/h5-8,13,16-19H,9-12,14-15H2,1-4H3/t16-,17+,18-,19+. The van der Waals surface area contributed by atoms with Gasteiger partial charge in [0.15, 0.2) is 9.84 Å². The molecule has 2 aliphatic heterocycles. The fraction of sp³-hybridized carbons (Fsp3) is 0.583. The molecule has 10 heteroatoms. The monoisotopic (exact) mass is 491 g/mol. The molecule has 34 heavy (non-hydrogen) atoms. The van der Waals surface area contributed by atoms with Crippen molar-refractivity contribution in [2.45, 2.75) is 63.6 Å². The van der Waals surface area contributed by atoms with Crippen molar-refractivity contribution < 1.29 is 27.5 Å². The fourth-order valence-electron chi connectivity index (χ4n) is 4.93. The summed E-state index contributed by atoms with van der Waals surface area (Å²) < 4.78 is 39.7. The fourth-order valence-corrected chi connectivity index (χ4v) is 6.39. The summed E-state index contributed by atoms with van der Waals surface area (Å²) in [5.41, 5.74) is 0.643. The molecule has 2 saturated heterocycles. The quantitative estimate of drug-likeness (QED) is 0.631. The van der Waals surface area contributed by atoms with Crippen LogP contribution in [0.25, 0.3) is 10.9 Å². The minimum Gasteiger partial charge on any atom is -0.372 e. The first-order valence-corrected chi connectivity index (χ1v) is 13.4. The van der Waals surface area contributed by atoms with Crippen molar-refractivity contribution in [3.8, 4) is 0 Å². The van der Waals surface area contributed by atoms with Gasteiger partial charge >= 0.3 is 0 Å². The number of morpholine rings is 2. The van der Waals surface area contributed by atoms with Crippen LogP contribution in [-0.4, -0.2) is 90.9 Å². The van der Waals surface area contributed by atoms with Crippen molar-refractivity contribution in [2.24, 2.45) is 0 Å². The summed E-state index contributed by atoms with van der Waals surface area (Å²) in [6, 6.07) is 7.07. The van der Waals surface area contributed by atoms with E-state index in [2.05, 4.69) is 0 Å². The number of carbonyl (C=O) groups is 2. The molecule has 0 unspecified atom stereocenters. The Labute approximate surface area is 200 Å². The van der Waals surface area contributed by atoms with E-state index in [0.717, 1.165) is 0 Å². The van der Waals surface area contributed by atoms with Crippen molar-refractivity contribution >= 4 is 32.6 Å². The molecule has 1 aromatic carbocycles. The van der Waals surface area contributed by atoms with Gasteiger partial charge in [-0.1, -0.05) is 18.2 Å². The molecule has 4 rings (SSSR count). The second-order valence-electron chi connectivity index (χ2n) is 9.51. The third kappa shape index (κ3) is 5.29. The van der Waals surface area contributed by atoms with Crippen molar-refractivity contribution in [1.82, 2.24) is 14.4 Å². The van der Waals surface area contributed by atoms with Crippen LogP contribution in [0.3, 0.4) is 0 Å². The molecule has 2 aliphatic rings. The summed E-state index contributed by atoms with van der Waals surface area (Å²) in [5, 5.41) is 0.510. The Balaban J connectivity index is 1.57. The molecule has 9 nitrogen and oxygen atoms in total. The molecule has 0 aliphatic carbocycles. The molecule has 2 aromatic rings. The molecule has 3 heterocycles. The van der Waals surface area contributed by atoms with E-state index < -0.39 is 21.5 Å². The summed E-state index contributed by atoms with van der Waals surface area (Å²) in [7, 11) is -3.93. The van der Waals surface area contributed by atoms with E-state index in [1.165, 1.54) is 6.20 Å². The van der Waals surface area contributed by atoms with E-state index in [0.29, 0.717) is 37.1 Å². The lowest BCUT2D eigenvalue weighted by Crippen LogP contribution is -2.49. The third-order valence-electron chi connectivity index (χ3n) is 6.25. The first kappa shape index (κ1) is 24.7. The summed E-state index contributed by atoms with van der Waals surface area (Å²) in [5.74, 6) is -1.15. The number of rotatable bonds is 5. The number of hydrogen-bond acceptors (Lipinski definition) is 6. The van der Waals surface area contributed by atoms with E-state index in [1.54, 1.807) is 38.6 Å². The van der Waals surface area contributed by atoms with Crippen LogP contribution in [0.15, 0.2) is 35.4 Å². The molecular weight excluding hydrogens is 458 g/mol. The van der Waals surface area contributed by atoms with Crippen LogP contribution in [0.4, 0.5) is 0 Å². The van der Waals surface area contributed by atoms with Gasteiger partial charge in [0.25, 0.3) is 0 Å². The predicted molar refractivity (Wildman–Crippen MR) is 127 cm³/mol. The summed E-state index contributed by atoms with van der Waals surface area (Å²) in [6.07, 6.45) is 1.09. The average molecular weight is 492 g/mol. The Bertz CT molecular complexity index is 1160. The van der Waals surface area contributed by atoms with E-state index in [9.17, 15) is 18.0 Å². The molecule has 1 aromatic heterocycles. The largest absolute Gasteiger partial charge is 0.372 e. The van der Waals surface area contributed by atoms with Crippen LogP contribution >= 0.6 is 0 Å². The van der Waals surface area contributed by atoms with Gasteiger partial charge in [-0.25, -0.2) is 8.42 Å². The van der Waals surface area contributed by atoms with Crippen LogP contribution in [0, 0.1) is 0 Å². The molecule has 0 saturated carbocycles. The minimum atomic E-state index is -3.93. The number of hydrogen-bond donors (Lipinski definition) is 0. The number of amides is 2. The maximum absolute atomic E-state index is 13.3. The number of carbonyl (C=O) groups excluding carboxylic acids is 2. The lowest BCUT2D eigenvalue weighted by Gasteiger charge is -2.35. The van der Waals surface area contributed by atoms with Crippen molar-refractivity contribution in [3.63, 3.8) is 0 Å². The van der Waals surface area contributed by atoms with E-state index >= 15 is 0 Å². The second-order valence-corrected chi connectivity index (χ2v) is 11.5. The first-order chi connectivity index (χ1) is 16.0. The Morgan fingerprint density at radius 1 is 0.853 bits per heavy atom. The highest BCUT2D eigenvalue weighted by Gasteiger charge is 2.32. The highest BCUT2D eigenvalue weighted by atomic mass is 32.2. The van der Waals surface area contributed by atoms with Crippen molar-refractivity contribution in [1.29, 1.82) is 0 Å². The van der Waals surface area contributed by atoms with E-state index in [-0.39, 0.29) is 41.8 Å². The number of para-hydroxylation sites is 1. The van der Waals surface area contributed by atoms with Gasteiger partial charge in [0.2, 0.25) is 11.8 Å². The number of benzene rings is 1. The zero-order valence-corrected chi connectivity index (χ0v) is 21.0. The van der Waals surface area contributed by atoms with Gasteiger partial charge in [-0.15, -0.1) is 0 Å². The van der Waals surface area contributed by atoms with Crippen molar-refractivity contribution in [3.05, 3.63) is 30.5 Å². The maximum atomic E-state index is 13.3. The Hall–Kier alpha value is -2.43.